The number of fused-ring (bicyclic) bond motifs is 4. The summed E-state index contributed by atoms with van der Waals surface area (Å²) in [6.07, 6.45) is -3.23. The summed E-state index contributed by atoms with van der Waals surface area (Å²) in [7, 11) is 3.09. The molecule has 56 heavy (non-hydrogen) atoms. The normalized spacial score (nSPS) is 12.4. The van der Waals surface area contributed by atoms with Crippen LogP contribution in [-0.4, -0.2) is 72.0 Å². The van der Waals surface area contributed by atoms with E-state index in [1.807, 2.05) is 20.8 Å². The Bertz CT molecular complexity index is 2840. The topological polar surface area (TPSA) is 185 Å². The average Bonchev–Trinajstić information content (AvgIpc) is 3.89. The second kappa shape index (κ2) is 13.2. The van der Waals surface area contributed by atoms with Crippen molar-refractivity contribution in [3.63, 3.8) is 0 Å². The molecule has 6 aromatic heterocycles. The van der Waals surface area contributed by atoms with E-state index < -0.39 is 35.0 Å². The number of carbonyl (C=O) groups excluding carboxylic acids is 1. The quantitative estimate of drug-likeness (QED) is 0.133. The van der Waals surface area contributed by atoms with E-state index >= 15 is 0 Å². The highest BCUT2D eigenvalue weighted by Gasteiger charge is 2.32. The SMILES string of the molecule is Cn1nc(-c2cnc3[nH]cc(C(=O)NC(C)(C)C)c3n2)c2ccc(C(F)(F)F)cc21.Cn1nc(-c2cnc3[nH]cc(C(=O)O)c3n2)c2ccc(C(F)(F)F)cc21. The molecule has 4 N–H and O–H groups in total. The fourth-order valence-electron chi connectivity index (χ4n) is 6.00. The van der Waals surface area contributed by atoms with Gasteiger partial charge in [0.1, 0.15) is 39.4 Å². The van der Waals surface area contributed by atoms with Gasteiger partial charge in [0.2, 0.25) is 0 Å². The molecule has 0 atom stereocenters. The number of carbonyl (C=O) groups is 2. The fourth-order valence-corrected chi connectivity index (χ4v) is 6.00. The Morgan fingerprint density at radius 3 is 1.54 bits per heavy atom. The third kappa shape index (κ3) is 6.95. The maximum absolute atomic E-state index is 13.1. The average molecular weight is 778 g/mol. The predicted octanol–water partition coefficient (Wildman–Crippen LogP) is 7.29. The number of benzene rings is 2. The zero-order valence-electron chi connectivity index (χ0n) is 29.9. The largest absolute Gasteiger partial charge is 0.478 e. The summed E-state index contributed by atoms with van der Waals surface area (Å²) < 4.78 is 80.6. The summed E-state index contributed by atoms with van der Waals surface area (Å²) in [5.41, 5.74) is 1.50. The van der Waals surface area contributed by atoms with Crippen molar-refractivity contribution in [3.05, 3.63) is 83.4 Å². The number of hydrogen-bond donors (Lipinski definition) is 4. The third-order valence-corrected chi connectivity index (χ3v) is 8.57. The minimum absolute atomic E-state index is 0.0473. The number of aryl methyl sites for hydroxylation is 2. The molecule has 0 spiro atoms. The van der Waals surface area contributed by atoms with Gasteiger partial charge in [0, 0.05) is 42.8 Å². The van der Waals surface area contributed by atoms with Gasteiger partial charge in [-0.1, -0.05) is 0 Å². The lowest BCUT2D eigenvalue weighted by Gasteiger charge is -2.19. The molecule has 14 nitrogen and oxygen atoms in total. The van der Waals surface area contributed by atoms with Crippen molar-refractivity contribution in [1.29, 1.82) is 0 Å². The molecule has 8 rings (SSSR count). The van der Waals surface area contributed by atoms with Gasteiger partial charge >= 0.3 is 18.3 Å². The van der Waals surface area contributed by atoms with E-state index in [0.29, 0.717) is 55.7 Å². The van der Waals surface area contributed by atoms with Crippen molar-refractivity contribution in [2.24, 2.45) is 14.1 Å². The molecule has 20 heteroatoms. The Morgan fingerprint density at radius 1 is 0.696 bits per heavy atom. The van der Waals surface area contributed by atoms with Gasteiger partial charge in [0.15, 0.2) is 11.3 Å². The van der Waals surface area contributed by atoms with Crippen LogP contribution in [0, 0.1) is 0 Å². The lowest BCUT2D eigenvalue weighted by molar-refractivity contribution is -0.138. The van der Waals surface area contributed by atoms with Gasteiger partial charge in [-0.05, 0) is 57.2 Å². The molecule has 2 aromatic carbocycles. The number of aromatic carboxylic acids is 1. The first-order valence-corrected chi connectivity index (χ1v) is 16.5. The van der Waals surface area contributed by atoms with E-state index in [2.05, 4.69) is 45.4 Å². The number of aromatic nitrogens is 10. The van der Waals surface area contributed by atoms with Crippen LogP contribution in [0.3, 0.4) is 0 Å². The van der Waals surface area contributed by atoms with E-state index in [1.165, 1.54) is 53.3 Å². The lowest BCUT2D eigenvalue weighted by atomic mass is 10.1. The zero-order valence-corrected chi connectivity index (χ0v) is 29.9. The van der Waals surface area contributed by atoms with Crippen molar-refractivity contribution in [1.82, 2.24) is 54.8 Å². The van der Waals surface area contributed by atoms with Crippen LogP contribution in [0.2, 0.25) is 0 Å². The van der Waals surface area contributed by atoms with Crippen LogP contribution >= 0.6 is 0 Å². The van der Waals surface area contributed by atoms with E-state index in [-0.39, 0.29) is 28.2 Å². The molecule has 0 saturated carbocycles. The molecule has 0 bridgehead atoms. The van der Waals surface area contributed by atoms with Gasteiger partial charge in [0.05, 0.1) is 40.1 Å². The molecule has 0 unspecified atom stereocenters. The van der Waals surface area contributed by atoms with E-state index in [4.69, 9.17) is 0 Å². The van der Waals surface area contributed by atoms with Gasteiger partial charge in [0.25, 0.3) is 5.91 Å². The number of alkyl halides is 6. The first-order chi connectivity index (χ1) is 26.2. The number of rotatable bonds is 4. The molecule has 0 fully saturated rings. The molecule has 0 aliphatic rings. The molecular weight excluding hydrogens is 748 g/mol. The Kier molecular flexibility index (Phi) is 8.81. The van der Waals surface area contributed by atoms with Gasteiger partial charge in [-0.15, -0.1) is 0 Å². The molecule has 6 heterocycles. The van der Waals surface area contributed by atoms with Crippen LogP contribution in [0.15, 0.2) is 61.2 Å². The molecule has 0 saturated heterocycles. The monoisotopic (exact) mass is 777 g/mol. The number of carboxylic acid groups (broad SMARTS) is 1. The molecule has 0 aliphatic carbocycles. The predicted molar refractivity (Wildman–Crippen MR) is 191 cm³/mol. The number of hydrogen-bond acceptors (Lipinski definition) is 8. The minimum atomic E-state index is -4.46. The highest BCUT2D eigenvalue weighted by atomic mass is 19.4. The number of nitrogens with one attached hydrogen (secondary N) is 3. The standard InChI is InChI=1S/C20H19F3N6O.C16H10F3N5O2/c1-19(2,3)27-18(30)12-8-24-17-16(12)26-13(9-25-17)15-11-6-5-10(20(21,22)23)7-14(11)29(4)28-15;1-24-11-4-7(16(17,18)19)2-3-8(11)12(23-24)10-6-21-14-13(22-10)9(5-20-14)15(25)26/h5-9H,1-4H3,(H,24,25)(H,27,30);2-6H,1H3,(H,20,21)(H,25,26). The van der Waals surface area contributed by atoms with Crippen molar-refractivity contribution in [2.45, 2.75) is 38.7 Å². The molecule has 288 valence electrons. The highest BCUT2D eigenvalue weighted by Crippen LogP contribution is 2.36. The van der Waals surface area contributed by atoms with Gasteiger partial charge < -0.3 is 20.4 Å². The number of H-pyrrole nitrogens is 2. The molecule has 0 aliphatic heterocycles. The summed E-state index contributed by atoms with van der Waals surface area (Å²) in [6, 6.07) is 6.74. The number of aromatic amines is 2. The zero-order chi connectivity index (χ0) is 40.5. The number of carboxylic acids is 1. The van der Waals surface area contributed by atoms with Crippen LogP contribution in [-0.2, 0) is 26.4 Å². The third-order valence-electron chi connectivity index (χ3n) is 8.57. The maximum Gasteiger partial charge on any atom is 0.416 e. The first kappa shape index (κ1) is 37.5. The van der Waals surface area contributed by atoms with Crippen LogP contribution in [0.25, 0.3) is 66.9 Å². The highest BCUT2D eigenvalue weighted by molar-refractivity contribution is 6.05. The second-order valence-electron chi connectivity index (χ2n) is 13.7. The Balaban J connectivity index is 0.000000173. The number of amides is 1. The Hall–Kier alpha value is -6.86. The number of halogens is 6. The molecular formula is C36H29F6N11O3. The number of nitrogens with zero attached hydrogens (tertiary/aromatic N) is 8. The minimum Gasteiger partial charge on any atom is -0.478 e. The van der Waals surface area contributed by atoms with E-state index in [1.54, 1.807) is 7.05 Å². The summed E-state index contributed by atoms with van der Waals surface area (Å²) >= 11 is 0. The van der Waals surface area contributed by atoms with Crippen LogP contribution in [0.5, 0.6) is 0 Å². The van der Waals surface area contributed by atoms with Crippen LogP contribution in [0.4, 0.5) is 26.3 Å². The van der Waals surface area contributed by atoms with Gasteiger partial charge in [-0.3, -0.25) is 14.2 Å². The van der Waals surface area contributed by atoms with E-state index in [9.17, 15) is 41.0 Å². The summed E-state index contributed by atoms with van der Waals surface area (Å²) in [6.45, 7) is 5.60. The van der Waals surface area contributed by atoms with E-state index in [0.717, 1.165) is 24.3 Å². The lowest BCUT2D eigenvalue weighted by Crippen LogP contribution is -2.40. The summed E-state index contributed by atoms with van der Waals surface area (Å²) in [5.74, 6) is -1.47. The van der Waals surface area contributed by atoms with Crippen LogP contribution in [0.1, 0.15) is 52.6 Å². The molecule has 8 aromatic rings. The smallest absolute Gasteiger partial charge is 0.416 e. The van der Waals surface area contributed by atoms with Gasteiger partial charge in [-0.25, -0.2) is 24.7 Å². The van der Waals surface area contributed by atoms with Crippen molar-refractivity contribution in [2.75, 3.05) is 0 Å². The molecule has 0 radical (unpaired) electrons. The Morgan fingerprint density at radius 2 is 1.12 bits per heavy atom. The fraction of sp³-hybridized carbons (Fsp3) is 0.222. The van der Waals surface area contributed by atoms with Crippen molar-refractivity contribution >= 4 is 56.0 Å². The van der Waals surface area contributed by atoms with Crippen molar-refractivity contribution < 1.29 is 41.0 Å². The van der Waals surface area contributed by atoms with Crippen molar-refractivity contribution in [3.8, 4) is 22.8 Å². The van der Waals surface area contributed by atoms with Gasteiger partial charge in [-0.2, -0.15) is 36.5 Å². The van der Waals surface area contributed by atoms with Crippen LogP contribution < -0.4 is 5.32 Å². The second-order valence-corrected chi connectivity index (χ2v) is 13.7. The first-order valence-electron chi connectivity index (χ1n) is 16.5. The summed E-state index contributed by atoms with van der Waals surface area (Å²) in [5, 5.41) is 21.6. The maximum atomic E-state index is 13.1. The molecule has 1 amide bonds. The summed E-state index contributed by atoms with van der Waals surface area (Å²) in [4.78, 5) is 46.7. The Labute approximate surface area is 310 Å².